The van der Waals surface area contributed by atoms with Gasteiger partial charge in [0.15, 0.2) is 0 Å². The van der Waals surface area contributed by atoms with Crippen LogP contribution in [0.2, 0.25) is 0 Å². The maximum atomic E-state index is 13.1. The first-order chi connectivity index (χ1) is 11.6. The molecule has 0 saturated heterocycles. The van der Waals surface area contributed by atoms with Crippen LogP contribution in [0.5, 0.6) is 5.75 Å². The van der Waals surface area contributed by atoms with Crippen molar-refractivity contribution in [2.75, 3.05) is 12.9 Å². The molecule has 0 N–H and O–H groups in total. The van der Waals surface area contributed by atoms with Gasteiger partial charge in [0.25, 0.3) is 5.91 Å². The number of thiol groups is 1. The average molecular weight is 339 g/mol. The van der Waals surface area contributed by atoms with Crippen molar-refractivity contribution < 1.29 is 9.53 Å². The zero-order valence-corrected chi connectivity index (χ0v) is 15.1. The lowest BCUT2D eigenvalue weighted by Crippen LogP contribution is -2.13. The Labute approximate surface area is 147 Å². The van der Waals surface area contributed by atoms with Gasteiger partial charge in [-0.15, -0.1) is 0 Å². The minimum absolute atomic E-state index is 0.00641. The third-order valence-corrected chi connectivity index (χ3v) is 4.63. The van der Waals surface area contributed by atoms with Crippen LogP contribution in [0.25, 0.3) is 10.9 Å². The Morgan fingerprint density at radius 3 is 2.46 bits per heavy atom. The first kappa shape index (κ1) is 16.7. The van der Waals surface area contributed by atoms with E-state index in [2.05, 4.69) is 12.6 Å². The highest BCUT2D eigenvalue weighted by Crippen LogP contribution is 2.30. The van der Waals surface area contributed by atoms with Crippen LogP contribution in [0.1, 0.15) is 27.2 Å². The fraction of sp³-hybridized carbons (Fsp3) is 0.250. The molecule has 0 amide bonds. The molecule has 1 aromatic heterocycles. The van der Waals surface area contributed by atoms with E-state index in [1.54, 1.807) is 11.7 Å². The molecule has 3 aromatic rings. The van der Waals surface area contributed by atoms with E-state index in [1.165, 1.54) is 0 Å². The molecule has 3 rings (SSSR count). The van der Waals surface area contributed by atoms with Crippen molar-refractivity contribution in [3.8, 4) is 5.75 Å². The number of rotatable bonds is 4. The molecule has 0 fully saturated rings. The van der Waals surface area contributed by atoms with Crippen LogP contribution >= 0.6 is 12.6 Å². The first-order valence-electron chi connectivity index (χ1n) is 7.97. The quantitative estimate of drug-likeness (QED) is 0.713. The number of carbonyl (C=O) groups excluding carboxylic acids is 1. The molecule has 0 aliphatic heterocycles. The van der Waals surface area contributed by atoms with Crippen LogP contribution in [0.3, 0.4) is 0 Å². The van der Waals surface area contributed by atoms with Crippen molar-refractivity contribution in [3.05, 3.63) is 64.8 Å². The number of aromatic nitrogens is 1. The van der Waals surface area contributed by atoms with Gasteiger partial charge in [-0.2, -0.15) is 12.6 Å². The Balaban J connectivity index is 2.21. The van der Waals surface area contributed by atoms with E-state index in [-0.39, 0.29) is 5.91 Å². The van der Waals surface area contributed by atoms with Crippen LogP contribution in [0, 0.1) is 13.8 Å². The van der Waals surface area contributed by atoms with Crippen molar-refractivity contribution in [1.82, 2.24) is 4.57 Å². The largest absolute Gasteiger partial charge is 0.497 e. The number of ether oxygens (including phenoxy) is 1. The van der Waals surface area contributed by atoms with E-state index in [1.807, 2.05) is 56.3 Å². The highest BCUT2D eigenvalue weighted by molar-refractivity contribution is 7.80. The summed E-state index contributed by atoms with van der Waals surface area (Å²) in [5.41, 5.74) is 4.86. The second kappa shape index (κ2) is 6.73. The number of fused-ring (bicyclic) bond motifs is 1. The van der Waals surface area contributed by atoms with Crippen molar-refractivity contribution in [1.29, 1.82) is 0 Å². The molecular formula is C20H21NO2S. The smallest absolute Gasteiger partial charge is 0.262 e. The van der Waals surface area contributed by atoms with E-state index in [4.69, 9.17) is 4.74 Å². The fourth-order valence-corrected chi connectivity index (χ4v) is 3.33. The number of benzene rings is 2. The standard InChI is InChI=1S/C20H21NO2S/c1-13-4-6-15(7-5-13)20(22)21-14(2)17(10-11-24)18-12-16(23-3)8-9-19(18)21/h4-9,12,24H,10-11H2,1-3H3. The second-order valence-electron chi connectivity index (χ2n) is 5.93. The Morgan fingerprint density at radius 1 is 1.12 bits per heavy atom. The van der Waals surface area contributed by atoms with E-state index in [0.29, 0.717) is 5.56 Å². The monoisotopic (exact) mass is 339 g/mol. The number of hydrogen-bond donors (Lipinski definition) is 1. The van der Waals surface area contributed by atoms with E-state index < -0.39 is 0 Å². The van der Waals surface area contributed by atoms with Gasteiger partial charge in [-0.3, -0.25) is 9.36 Å². The number of nitrogens with zero attached hydrogens (tertiary/aromatic N) is 1. The first-order valence-corrected chi connectivity index (χ1v) is 8.60. The van der Waals surface area contributed by atoms with Crippen LogP contribution in [0.15, 0.2) is 42.5 Å². The van der Waals surface area contributed by atoms with Crippen LogP contribution in [-0.2, 0) is 6.42 Å². The molecule has 4 heteroatoms. The summed E-state index contributed by atoms with van der Waals surface area (Å²) < 4.78 is 7.15. The van der Waals surface area contributed by atoms with Crippen LogP contribution in [0.4, 0.5) is 0 Å². The van der Waals surface area contributed by atoms with Crippen molar-refractivity contribution >= 4 is 29.4 Å². The van der Waals surface area contributed by atoms with Crippen LogP contribution < -0.4 is 4.74 Å². The third kappa shape index (κ3) is 2.82. The van der Waals surface area contributed by atoms with Gasteiger partial charge >= 0.3 is 0 Å². The van der Waals surface area contributed by atoms with Crippen molar-refractivity contribution in [2.24, 2.45) is 0 Å². The Morgan fingerprint density at radius 2 is 1.83 bits per heavy atom. The van der Waals surface area contributed by atoms with Gasteiger partial charge in [-0.25, -0.2) is 0 Å². The summed E-state index contributed by atoms with van der Waals surface area (Å²) in [6.45, 7) is 4.01. The molecule has 3 nitrogen and oxygen atoms in total. The molecule has 0 unspecified atom stereocenters. The lowest BCUT2D eigenvalue weighted by Gasteiger charge is -2.08. The number of hydrogen-bond acceptors (Lipinski definition) is 3. The van der Waals surface area contributed by atoms with Gasteiger partial charge in [-0.1, -0.05) is 17.7 Å². The van der Waals surface area contributed by atoms with Gasteiger partial charge in [-0.05, 0) is 61.9 Å². The molecule has 0 aliphatic rings. The zero-order valence-electron chi connectivity index (χ0n) is 14.2. The van der Waals surface area contributed by atoms with E-state index in [0.717, 1.165) is 45.6 Å². The number of aryl methyl sites for hydroxylation is 2. The molecule has 1 heterocycles. The predicted octanol–water partition coefficient (Wildman–Crippen LogP) is 4.43. The summed E-state index contributed by atoms with van der Waals surface area (Å²) in [4.78, 5) is 13.1. The maximum Gasteiger partial charge on any atom is 0.262 e. The maximum absolute atomic E-state index is 13.1. The molecule has 124 valence electrons. The normalized spacial score (nSPS) is 11.0. The van der Waals surface area contributed by atoms with Gasteiger partial charge in [0.1, 0.15) is 5.75 Å². The Bertz CT molecular complexity index is 894. The highest BCUT2D eigenvalue weighted by Gasteiger charge is 2.19. The molecular weight excluding hydrogens is 318 g/mol. The third-order valence-electron chi connectivity index (χ3n) is 4.41. The molecule has 0 radical (unpaired) electrons. The molecule has 2 aromatic carbocycles. The van der Waals surface area contributed by atoms with Crippen molar-refractivity contribution in [2.45, 2.75) is 20.3 Å². The summed E-state index contributed by atoms with van der Waals surface area (Å²) in [5.74, 6) is 1.52. The molecule has 0 saturated carbocycles. The van der Waals surface area contributed by atoms with E-state index in [9.17, 15) is 4.79 Å². The van der Waals surface area contributed by atoms with Crippen LogP contribution in [-0.4, -0.2) is 23.3 Å². The lowest BCUT2D eigenvalue weighted by atomic mass is 10.1. The predicted molar refractivity (Wildman–Crippen MR) is 102 cm³/mol. The van der Waals surface area contributed by atoms with Gasteiger partial charge in [0.2, 0.25) is 0 Å². The van der Waals surface area contributed by atoms with E-state index >= 15 is 0 Å². The lowest BCUT2D eigenvalue weighted by molar-refractivity contribution is 0.0963. The molecule has 0 spiro atoms. The molecule has 0 bridgehead atoms. The summed E-state index contributed by atoms with van der Waals surface area (Å²) in [6.07, 6.45) is 0.812. The minimum atomic E-state index is -0.00641. The van der Waals surface area contributed by atoms with Gasteiger partial charge in [0.05, 0.1) is 12.6 Å². The summed E-state index contributed by atoms with van der Waals surface area (Å²) >= 11 is 4.37. The summed E-state index contributed by atoms with van der Waals surface area (Å²) in [7, 11) is 1.65. The fourth-order valence-electron chi connectivity index (χ4n) is 3.10. The highest BCUT2D eigenvalue weighted by atomic mass is 32.1. The zero-order chi connectivity index (χ0) is 17.3. The number of methoxy groups -OCH3 is 1. The molecule has 0 atom stereocenters. The van der Waals surface area contributed by atoms with Crippen molar-refractivity contribution in [3.63, 3.8) is 0 Å². The topological polar surface area (TPSA) is 31.2 Å². The molecule has 24 heavy (non-hydrogen) atoms. The Hall–Kier alpha value is -2.20. The Kier molecular flexibility index (Phi) is 4.67. The second-order valence-corrected chi connectivity index (χ2v) is 6.37. The average Bonchev–Trinajstić information content (AvgIpc) is 2.86. The van der Waals surface area contributed by atoms with Gasteiger partial charge in [0, 0.05) is 16.6 Å². The van der Waals surface area contributed by atoms with Gasteiger partial charge < -0.3 is 4.74 Å². The summed E-state index contributed by atoms with van der Waals surface area (Å²) in [5, 5.41) is 1.06. The molecule has 0 aliphatic carbocycles. The summed E-state index contributed by atoms with van der Waals surface area (Å²) in [6, 6.07) is 13.5. The number of carbonyl (C=O) groups is 1. The SMILES string of the molecule is COc1ccc2c(c1)c(CCS)c(C)n2C(=O)c1ccc(C)cc1. The minimum Gasteiger partial charge on any atom is -0.497 e.